The molecule has 0 aliphatic rings. The summed E-state index contributed by atoms with van der Waals surface area (Å²) in [6.07, 6.45) is 2.02. The lowest BCUT2D eigenvalue weighted by Crippen LogP contribution is -2.14. The van der Waals surface area contributed by atoms with Crippen LogP contribution in [0.25, 0.3) is 0 Å². The summed E-state index contributed by atoms with van der Waals surface area (Å²) in [5, 5.41) is 14.5. The quantitative estimate of drug-likeness (QED) is 0.732. The van der Waals surface area contributed by atoms with E-state index in [-0.39, 0.29) is 18.9 Å². The second-order valence-electron chi connectivity index (χ2n) is 5.15. The van der Waals surface area contributed by atoms with Crippen molar-refractivity contribution in [2.24, 2.45) is 7.05 Å². The molecule has 8 nitrogen and oxygen atoms in total. The molecule has 3 rings (SSSR count). The Kier molecular flexibility index (Phi) is 4.80. The average molecular weight is 344 g/mol. The molecule has 0 saturated carbocycles. The van der Waals surface area contributed by atoms with Gasteiger partial charge in [0.05, 0.1) is 6.42 Å². The maximum absolute atomic E-state index is 12.0. The van der Waals surface area contributed by atoms with Gasteiger partial charge in [-0.1, -0.05) is 12.1 Å². The molecule has 1 amide bonds. The van der Waals surface area contributed by atoms with Gasteiger partial charge in [0, 0.05) is 18.1 Å². The molecule has 0 saturated heterocycles. The molecule has 0 bridgehead atoms. The Hall–Kier alpha value is -2.81. The fourth-order valence-corrected chi connectivity index (χ4v) is 2.66. The van der Waals surface area contributed by atoms with E-state index in [1.54, 1.807) is 17.9 Å². The molecular weight excluding hydrogens is 328 g/mol. The molecule has 2 heterocycles. The van der Waals surface area contributed by atoms with Crippen molar-refractivity contribution in [3.8, 4) is 5.75 Å². The second-order valence-corrected chi connectivity index (χ2v) is 6.39. The first-order chi connectivity index (χ1) is 11.6. The molecule has 1 aromatic carbocycles. The van der Waals surface area contributed by atoms with Crippen LogP contribution in [-0.2, 0) is 24.9 Å². The molecule has 3 aromatic rings. The van der Waals surface area contributed by atoms with Crippen LogP contribution < -0.4 is 10.1 Å². The van der Waals surface area contributed by atoms with Gasteiger partial charge in [0.1, 0.15) is 12.4 Å². The molecule has 24 heavy (non-hydrogen) atoms. The summed E-state index contributed by atoms with van der Waals surface area (Å²) in [6.45, 7) is 2.23. The third-order valence-electron chi connectivity index (χ3n) is 3.23. The zero-order valence-corrected chi connectivity index (χ0v) is 14.1. The summed E-state index contributed by atoms with van der Waals surface area (Å²) >= 11 is 1.45. The monoisotopic (exact) mass is 344 g/mol. The predicted octanol–water partition coefficient (Wildman–Crippen LogP) is 1.74. The molecule has 0 radical (unpaired) electrons. The van der Waals surface area contributed by atoms with Gasteiger partial charge in [0.15, 0.2) is 11.0 Å². The van der Waals surface area contributed by atoms with E-state index >= 15 is 0 Å². The number of aryl methyl sites for hydroxylation is 2. The number of thiazole rings is 1. The molecule has 0 atom stereocenters. The van der Waals surface area contributed by atoms with Crippen LogP contribution in [0.5, 0.6) is 5.75 Å². The van der Waals surface area contributed by atoms with Crippen molar-refractivity contribution in [1.82, 2.24) is 25.2 Å². The Labute approximate surface area is 142 Å². The summed E-state index contributed by atoms with van der Waals surface area (Å²) in [5.41, 5.74) is 0.897. The van der Waals surface area contributed by atoms with E-state index in [0.717, 1.165) is 10.4 Å². The molecule has 0 aliphatic heterocycles. The number of nitrogens with zero attached hydrogens (tertiary/aromatic N) is 5. The SMILES string of the molecule is Cc1cnc(NC(=O)Cc2ccc(OCc3nnnn3C)cc2)s1. The molecule has 1 N–H and O–H groups in total. The van der Waals surface area contributed by atoms with E-state index in [1.165, 1.54) is 11.3 Å². The molecule has 0 unspecified atom stereocenters. The number of rotatable bonds is 6. The van der Waals surface area contributed by atoms with Crippen molar-refractivity contribution in [2.45, 2.75) is 20.0 Å². The summed E-state index contributed by atoms with van der Waals surface area (Å²) in [4.78, 5) is 17.2. The Balaban J connectivity index is 1.52. The van der Waals surface area contributed by atoms with Crippen molar-refractivity contribution in [3.05, 3.63) is 46.7 Å². The minimum atomic E-state index is -0.0943. The number of carbonyl (C=O) groups excluding carboxylic acids is 1. The largest absolute Gasteiger partial charge is 0.486 e. The van der Waals surface area contributed by atoms with Crippen molar-refractivity contribution >= 4 is 22.4 Å². The topological polar surface area (TPSA) is 94.8 Å². The van der Waals surface area contributed by atoms with Crippen LogP contribution in [0.3, 0.4) is 0 Å². The predicted molar refractivity (Wildman–Crippen MR) is 88.8 cm³/mol. The van der Waals surface area contributed by atoms with Gasteiger partial charge < -0.3 is 10.1 Å². The number of ether oxygens (including phenoxy) is 1. The van der Waals surface area contributed by atoms with Gasteiger partial charge in [0.2, 0.25) is 5.91 Å². The summed E-state index contributed by atoms with van der Waals surface area (Å²) in [7, 11) is 1.75. The lowest BCUT2D eigenvalue weighted by Gasteiger charge is -2.06. The number of carbonyl (C=O) groups is 1. The first kappa shape index (κ1) is 16.1. The first-order valence-electron chi connectivity index (χ1n) is 7.25. The zero-order valence-electron chi connectivity index (χ0n) is 13.3. The normalized spacial score (nSPS) is 10.6. The Morgan fingerprint density at radius 2 is 2.12 bits per heavy atom. The number of anilines is 1. The second kappa shape index (κ2) is 7.18. The standard InChI is InChI=1S/C15H16N6O2S/c1-10-8-16-15(24-10)17-14(22)7-11-3-5-12(6-4-11)23-9-13-18-19-20-21(13)2/h3-6,8H,7,9H2,1-2H3,(H,16,17,22). The van der Waals surface area contributed by atoms with E-state index in [9.17, 15) is 4.79 Å². The van der Waals surface area contributed by atoms with E-state index in [2.05, 4.69) is 25.8 Å². The van der Waals surface area contributed by atoms with Crippen LogP contribution in [0.4, 0.5) is 5.13 Å². The van der Waals surface area contributed by atoms with Crippen molar-refractivity contribution in [3.63, 3.8) is 0 Å². The minimum absolute atomic E-state index is 0.0943. The van der Waals surface area contributed by atoms with Crippen molar-refractivity contribution < 1.29 is 9.53 Å². The highest BCUT2D eigenvalue weighted by atomic mass is 32.1. The minimum Gasteiger partial charge on any atom is -0.486 e. The molecule has 0 aliphatic carbocycles. The number of benzene rings is 1. The van der Waals surface area contributed by atoms with Crippen LogP contribution in [-0.4, -0.2) is 31.1 Å². The smallest absolute Gasteiger partial charge is 0.230 e. The Morgan fingerprint density at radius 1 is 1.33 bits per heavy atom. The van der Waals surface area contributed by atoms with Gasteiger partial charge >= 0.3 is 0 Å². The Morgan fingerprint density at radius 3 is 2.75 bits per heavy atom. The van der Waals surface area contributed by atoms with Gasteiger partial charge in [-0.2, -0.15) is 0 Å². The highest BCUT2D eigenvalue weighted by Crippen LogP contribution is 2.18. The van der Waals surface area contributed by atoms with Crippen LogP contribution >= 0.6 is 11.3 Å². The maximum Gasteiger partial charge on any atom is 0.230 e. The van der Waals surface area contributed by atoms with E-state index in [1.807, 2.05) is 31.2 Å². The number of amides is 1. The van der Waals surface area contributed by atoms with E-state index in [0.29, 0.717) is 16.7 Å². The van der Waals surface area contributed by atoms with Gasteiger partial charge in [0.25, 0.3) is 0 Å². The van der Waals surface area contributed by atoms with Gasteiger partial charge in [-0.25, -0.2) is 9.67 Å². The number of hydrogen-bond donors (Lipinski definition) is 1. The molecular formula is C15H16N6O2S. The Bertz CT molecular complexity index is 827. The summed E-state index contributed by atoms with van der Waals surface area (Å²) in [6, 6.07) is 7.35. The first-order valence-corrected chi connectivity index (χ1v) is 8.07. The van der Waals surface area contributed by atoms with Gasteiger partial charge in [-0.05, 0) is 35.0 Å². The van der Waals surface area contributed by atoms with Crippen molar-refractivity contribution in [1.29, 1.82) is 0 Å². The summed E-state index contributed by atoms with van der Waals surface area (Å²) in [5.74, 6) is 1.23. The van der Waals surface area contributed by atoms with Gasteiger partial charge in [-0.3, -0.25) is 4.79 Å². The van der Waals surface area contributed by atoms with Crippen LogP contribution in [0.15, 0.2) is 30.5 Å². The van der Waals surface area contributed by atoms with Crippen LogP contribution in [0.1, 0.15) is 16.3 Å². The fraction of sp³-hybridized carbons (Fsp3) is 0.267. The van der Waals surface area contributed by atoms with Crippen molar-refractivity contribution in [2.75, 3.05) is 5.32 Å². The molecule has 0 fully saturated rings. The fourth-order valence-electron chi connectivity index (χ4n) is 1.98. The molecule has 0 spiro atoms. The number of tetrazole rings is 1. The molecule has 9 heteroatoms. The van der Waals surface area contributed by atoms with Crippen LogP contribution in [0, 0.1) is 6.92 Å². The highest BCUT2D eigenvalue weighted by Gasteiger charge is 2.07. The van der Waals surface area contributed by atoms with Crippen LogP contribution in [0.2, 0.25) is 0 Å². The number of aromatic nitrogens is 5. The third kappa shape index (κ3) is 4.13. The lowest BCUT2D eigenvalue weighted by molar-refractivity contribution is -0.115. The molecule has 124 valence electrons. The third-order valence-corrected chi connectivity index (χ3v) is 4.06. The average Bonchev–Trinajstić information content (AvgIpc) is 3.15. The summed E-state index contributed by atoms with van der Waals surface area (Å²) < 4.78 is 7.17. The van der Waals surface area contributed by atoms with E-state index < -0.39 is 0 Å². The highest BCUT2D eigenvalue weighted by molar-refractivity contribution is 7.15. The van der Waals surface area contributed by atoms with Gasteiger partial charge in [-0.15, -0.1) is 16.4 Å². The number of nitrogens with one attached hydrogen (secondary N) is 1. The maximum atomic E-state index is 12.0. The molecule has 2 aromatic heterocycles. The lowest BCUT2D eigenvalue weighted by atomic mass is 10.1. The zero-order chi connectivity index (χ0) is 16.9. The van der Waals surface area contributed by atoms with E-state index in [4.69, 9.17) is 4.74 Å². The number of hydrogen-bond acceptors (Lipinski definition) is 7.